The third-order valence-electron chi connectivity index (χ3n) is 4.99. The fourth-order valence-corrected chi connectivity index (χ4v) is 4.37. The SMILES string of the molecule is O=c1cc/c(=N/Nc2cc(S(=O)(=O)[O-])cc3cc(S(=O)(=O)[O-])cc(O)c23)c(=O)/c1=N/Nc1ccccc1.[Na+].[Na+]. The molecule has 0 atom stereocenters. The monoisotopic (exact) mass is 588 g/mol. The van der Waals surface area contributed by atoms with Crippen LogP contribution in [0.25, 0.3) is 10.8 Å². The number of phenols is 1. The number of hydrogen-bond donors (Lipinski definition) is 3. The Balaban J connectivity index is 0.00000267. The third kappa shape index (κ3) is 7.61. The van der Waals surface area contributed by atoms with Crippen LogP contribution in [0.1, 0.15) is 0 Å². The van der Waals surface area contributed by atoms with Crippen LogP contribution in [0.5, 0.6) is 5.75 Å². The summed E-state index contributed by atoms with van der Waals surface area (Å²) in [6.45, 7) is 0. The minimum atomic E-state index is -5.08. The maximum Gasteiger partial charge on any atom is 1.00 e. The van der Waals surface area contributed by atoms with Crippen LogP contribution in [0.15, 0.2) is 96.3 Å². The molecule has 0 unspecified atom stereocenters. The van der Waals surface area contributed by atoms with Crippen LogP contribution in [0.4, 0.5) is 11.4 Å². The van der Waals surface area contributed by atoms with Gasteiger partial charge >= 0.3 is 59.1 Å². The summed E-state index contributed by atoms with van der Waals surface area (Å²) in [6.07, 6.45) is 0. The molecule has 190 valence electrons. The van der Waals surface area contributed by atoms with Crippen molar-refractivity contribution in [3.63, 3.8) is 0 Å². The summed E-state index contributed by atoms with van der Waals surface area (Å²) in [5.74, 6) is -0.750. The maximum atomic E-state index is 12.8. The Bertz CT molecular complexity index is 1990. The second-order valence-electron chi connectivity index (χ2n) is 7.49. The molecule has 3 N–H and O–H groups in total. The van der Waals surface area contributed by atoms with Gasteiger partial charge in [0.1, 0.15) is 31.3 Å². The fourth-order valence-electron chi connectivity index (χ4n) is 3.31. The first-order valence-electron chi connectivity index (χ1n) is 10.1. The molecule has 0 bridgehead atoms. The van der Waals surface area contributed by atoms with E-state index in [1.165, 1.54) is 0 Å². The Kier molecular flexibility index (Phi) is 10.8. The van der Waals surface area contributed by atoms with Crippen LogP contribution in [-0.2, 0) is 20.2 Å². The molecule has 0 aromatic heterocycles. The van der Waals surface area contributed by atoms with Gasteiger partial charge < -0.3 is 14.2 Å². The van der Waals surface area contributed by atoms with Crippen molar-refractivity contribution >= 4 is 42.4 Å². The van der Waals surface area contributed by atoms with Crippen molar-refractivity contribution in [1.82, 2.24) is 0 Å². The van der Waals surface area contributed by atoms with Crippen molar-refractivity contribution in [2.45, 2.75) is 9.79 Å². The van der Waals surface area contributed by atoms with E-state index < -0.39 is 52.0 Å². The van der Waals surface area contributed by atoms with Crippen LogP contribution < -0.4 is 91.5 Å². The van der Waals surface area contributed by atoms with E-state index in [0.717, 1.165) is 30.3 Å². The molecule has 17 heteroatoms. The van der Waals surface area contributed by atoms with E-state index in [1.54, 1.807) is 30.3 Å². The number of anilines is 2. The average Bonchev–Trinajstić information content (AvgIpc) is 2.82. The van der Waals surface area contributed by atoms with Crippen LogP contribution in [0.2, 0.25) is 0 Å². The molecule has 13 nitrogen and oxygen atoms in total. The number of nitrogens with one attached hydrogen (secondary N) is 2. The number of aromatic hydroxyl groups is 1. The molecule has 4 rings (SSSR count). The summed E-state index contributed by atoms with van der Waals surface area (Å²) >= 11 is 0. The molecular formula is C22H14N4Na2O9S2. The standard InChI is InChI=1S/C22H16N4O9S2.2Na/c27-18-7-6-16(22(29)21(18)26-23-13-4-2-1-3-5-13)24-25-17-10-14(36(30,31)32)8-12-9-15(37(33,34)35)11-19(28)20(12)17;;/h1-11,23,25,28H,(H,30,31,32)(H,33,34,35);;/q;2*+1/p-2/b24-16-,26-21+;;. The van der Waals surface area contributed by atoms with Gasteiger partial charge in [-0.1, -0.05) is 18.2 Å². The summed E-state index contributed by atoms with van der Waals surface area (Å²) < 4.78 is 69.1. The topological polar surface area (TPSA) is 218 Å². The predicted octanol–water partition coefficient (Wildman–Crippen LogP) is -6.19. The van der Waals surface area contributed by atoms with Crippen LogP contribution in [0.3, 0.4) is 0 Å². The summed E-state index contributed by atoms with van der Waals surface area (Å²) in [6, 6.07) is 13.5. The molecule has 0 saturated carbocycles. The van der Waals surface area contributed by atoms with Crippen molar-refractivity contribution in [2.75, 3.05) is 10.9 Å². The van der Waals surface area contributed by atoms with E-state index in [9.17, 15) is 40.6 Å². The molecule has 0 radical (unpaired) electrons. The van der Waals surface area contributed by atoms with Gasteiger partial charge in [0.2, 0.25) is 10.9 Å². The Hall–Kier alpha value is -2.44. The maximum absolute atomic E-state index is 12.8. The Labute approximate surface area is 264 Å². The first-order chi connectivity index (χ1) is 17.3. The number of fused-ring (bicyclic) bond motifs is 1. The number of phenolic OH excluding ortho intramolecular Hbond substituents is 1. The van der Waals surface area contributed by atoms with Gasteiger partial charge in [0.25, 0.3) is 0 Å². The predicted molar refractivity (Wildman–Crippen MR) is 128 cm³/mol. The zero-order valence-electron chi connectivity index (χ0n) is 20.3. The number of benzene rings is 4. The fraction of sp³-hybridized carbons (Fsp3) is 0. The van der Waals surface area contributed by atoms with E-state index in [-0.39, 0.29) is 80.9 Å². The number of hydrogen-bond acceptors (Lipinski definition) is 13. The van der Waals surface area contributed by atoms with Gasteiger partial charge in [0.05, 0.1) is 21.2 Å². The molecule has 0 amide bonds. The molecule has 0 aliphatic carbocycles. The smallest absolute Gasteiger partial charge is 0.744 e. The molecule has 39 heavy (non-hydrogen) atoms. The number of nitrogens with zero attached hydrogens (tertiary/aromatic N) is 2. The minimum Gasteiger partial charge on any atom is -0.744 e. The number of rotatable bonds is 6. The van der Waals surface area contributed by atoms with E-state index in [1.807, 2.05) is 0 Å². The summed E-state index contributed by atoms with van der Waals surface area (Å²) in [4.78, 5) is 23.2. The van der Waals surface area contributed by atoms with Crippen LogP contribution in [-0.4, -0.2) is 31.0 Å². The van der Waals surface area contributed by atoms with Gasteiger partial charge in [-0.2, -0.15) is 10.2 Å². The van der Waals surface area contributed by atoms with Gasteiger partial charge in [-0.05, 0) is 53.9 Å². The molecule has 0 saturated heterocycles. The quantitative estimate of drug-likeness (QED) is 0.109. The van der Waals surface area contributed by atoms with E-state index in [2.05, 4.69) is 21.1 Å². The zero-order valence-corrected chi connectivity index (χ0v) is 25.9. The molecule has 4 aromatic carbocycles. The van der Waals surface area contributed by atoms with Crippen molar-refractivity contribution < 1.29 is 90.2 Å². The van der Waals surface area contributed by atoms with Gasteiger partial charge in [-0.25, -0.2) is 16.8 Å². The second kappa shape index (κ2) is 12.8. The van der Waals surface area contributed by atoms with Gasteiger partial charge in [0, 0.05) is 5.39 Å². The number of para-hydroxylation sites is 1. The Morgan fingerprint density at radius 2 is 1.33 bits per heavy atom. The van der Waals surface area contributed by atoms with Crippen molar-refractivity contribution in [3.05, 3.63) is 97.9 Å². The van der Waals surface area contributed by atoms with Crippen LogP contribution in [0, 0.1) is 0 Å². The molecular weight excluding hydrogens is 574 g/mol. The van der Waals surface area contributed by atoms with Gasteiger partial charge in [-0.3, -0.25) is 20.4 Å². The minimum absolute atomic E-state index is 0. The van der Waals surface area contributed by atoms with Crippen molar-refractivity contribution in [3.8, 4) is 5.75 Å². The first-order valence-corrected chi connectivity index (χ1v) is 12.9. The second-order valence-corrected chi connectivity index (χ2v) is 10.3. The van der Waals surface area contributed by atoms with Gasteiger partial charge in [-0.15, -0.1) is 0 Å². The van der Waals surface area contributed by atoms with Crippen LogP contribution >= 0.6 is 0 Å². The molecule has 0 spiro atoms. The van der Waals surface area contributed by atoms with E-state index in [0.29, 0.717) is 11.8 Å². The molecule has 4 aromatic rings. The average molecular weight is 588 g/mol. The third-order valence-corrected chi connectivity index (χ3v) is 6.62. The Morgan fingerprint density at radius 3 is 1.92 bits per heavy atom. The largest absolute Gasteiger partial charge is 1.00 e. The molecule has 0 aliphatic rings. The summed E-state index contributed by atoms with van der Waals surface area (Å²) in [5, 5.41) is 16.7. The van der Waals surface area contributed by atoms with Crippen molar-refractivity contribution in [2.24, 2.45) is 10.2 Å². The van der Waals surface area contributed by atoms with E-state index >= 15 is 0 Å². The molecule has 0 aliphatic heterocycles. The van der Waals surface area contributed by atoms with E-state index in [4.69, 9.17) is 0 Å². The molecule has 0 heterocycles. The zero-order chi connectivity index (χ0) is 27.0. The molecule has 0 fully saturated rings. The first kappa shape index (κ1) is 32.8. The van der Waals surface area contributed by atoms with Gasteiger partial charge in [0.15, 0.2) is 5.36 Å². The summed E-state index contributed by atoms with van der Waals surface area (Å²) in [7, 11) is -10.1. The Morgan fingerprint density at radius 1 is 0.744 bits per heavy atom. The summed E-state index contributed by atoms with van der Waals surface area (Å²) in [5.41, 5.74) is 3.50. The normalized spacial score (nSPS) is 12.5. The van der Waals surface area contributed by atoms with Crippen molar-refractivity contribution in [1.29, 1.82) is 0 Å².